The van der Waals surface area contributed by atoms with Gasteiger partial charge in [0.25, 0.3) is 0 Å². The van der Waals surface area contributed by atoms with Crippen LogP contribution < -0.4 is 12.4 Å². The van der Waals surface area contributed by atoms with Gasteiger partial charge in [-0.3, -0.25) is 0 Å². The molecule has 0 heterocycles. The maximum atomic E-state index is 14.4. The summed E-state index contributed by atoms with van der Waals surface area (Å²) in [4.78, 5) is 0. The SMILES string of the molecule is Fc1cc(F)c(F)[c]([Ga]([c]2c(F)c(F)cc(F)c2F)[c]2c(F)c(F)cc(F)c2F)c1F. The van der Waals surface area contributed by atoms with Gasteiger partial charge in [-0.2, -0.15) is 0 Å². The first-order valence-electron chi connectivity index (χ1n) is 7.87. The molecule has 13 heteroatoms. The summed E-state index contributed by atoms with van der Waals surface area (Å²) in [7, 11) is 0. The van der Waals surface area contributed by atoms with E-state index in [1.165, 1.54) is 0 Å². The van der Waals surface area contributed by atoms with Gasteiger partial charge in [0, 0.05) is 0 Å². The van der Waals surface area contributed by atoms with Crippen LogP contribution in [0.15, 0.2) is 18.2 Å². The number of benzene rings is 3. The summed E-state index contributed by atoms with van der Waals surface area (Å²) in [6.07, 6.45) is 0. The van der Waals surface area contributed by atoms with Crippen molar-refractivity contribution in [3.05, 3.63) is 88.0 Å². The molecule has 0 aliphatic heterocycles. The van der Waals surface area contributed by atoms with E-state index < -0.39 is 98.4 Å². The minimum atomic E-state index is -6.09. The normalized spacial score (nSPS) is 11.2. The van der Waals surface area contributed by atoms with E-state index in [2.05, 4.69) is 0 Å². The molecule has 0 amide bonds. The molecule has 0 atom stereocenters. The molecule has 0 saturated carbocycles. The van der Waals surface area contributed by atoms with Gasteiger partial charge in [-0.05, 0) is 0 Å². The van der Waals surface area contributed by atoms with E-state index >= 15 is 0 Å². The van der Waals surface area contributed by atoms with Crippen molar-refractivity contribution in [2.45, 2.75) is 0 Å². The Hall–Kier alpha value is -2.54. The van der Waals surface area contributed by atoms with E-state index in [1.807, 2.05) is 0 Å². The Bertz CT molecular complexity index is 994. The summed E-state index contributed by atoms with van der Waals surface area (Å²) in [5.41, 5.74) is 0. The molecule has 0 unspecified atom stereocenters. The molecule has 0 N–H and O–H groups in total. The van der Waals surface area contributed by atoms with Crippen LogP contribution in [0.5, 0.6) is 0 Å². The van der Waals surface area contributed by atoms with Crippen molar-refractivity contribution in [1.29, 1.82) is 0 Å². The fourth-order valence-corrected chi connectivity index (χ4v) is 9.71. The second-order valence-electron chi connectivity index (χ2n) is 6.08. The molecule has 0 aromatic heterocycles. The molecular formula is C18H3F12Ga. The molecule has 0 radical (unpaired) electrons. The van der Waals surface area contributed by atoms with Crippen LogP contribution in [0.25, 0.3) is 0 Å². The van der Waals surface area contributed by atoms with Crippen LogP contribution in [0, 0.1) is 69.8 Å². The number of hydrogen-bond donors (Lipinski definition) is 0. The molecule has 0 spiro atoms. The maximum absolute atomic E-state index is 14.4. The summed E-state index contributed by atoms with van der Waals surface area (Å²) in [5, 5.41) is 0. The first-order chi connectivity index (χ1) is 14.4. The Balaban J connectivity index is 2.61. The number of halogens is 12. The van der Waals surface area contributed by atoms with Crippen LogP contribution in [0.1, 0.15) is 0 Å². The third kappa shape index (κ3) is 3.69. The predicted molar refractivity (Wildman–Crippen MR) is 83.5 cm³/mol. The molecule has 0 fully saturated rings. The van der Waals surface area contributed by atoms with Crippen LogP contribution in [0.4, 0.5) is 52.7 Å². The standard InChI is InChI=1S/3C6HF4.Ga/c3*7-3-1-4(8)6(10)2-5(3)9;/h3*1H;. The Labute approximate surface area is 169 Å². The van der Waals surface area contributed by atoms with Gasteiger partial charge in [-0.15, -0.1) is 0 Å². The van der Waals surface area contributed by atoms with Crippen LogP contribution in [-0.2, 0) is 0 Å². The fourth-order valence-electron chi connectivity index (χ4n) is 2.97. The fraction of sp³-hybridized carbons (Fsp3) is 0. The first kappa shape index (κ1) is 23.1. The molecule has 162 valence electrons. The molecule has 0 nitrogen and oxygen atoms in total. The molecule has 0 saturated heterocycles. The minimum absolute atomic E-state index is 0.370. The summed E-state index contributed by atoms with van der Waals surface area (Å²) < 4.78 is 163. The summed E-state index contributed by atoms with van der Waals surface area (Å²) >= 11 is -6.09. The van der Waals surface area contributed by atoms with Gasteiger partial charge in [0.15, 0.2) is 0 Å². The Morgan fingerprint density at radius 3 is 0.645 bits per heavy atom. The van der Waals surface area contributed by atoms with Gasteiger partial charge >= 0.3 is 169 Å². The summed E-state index contributed by atoms with van der Waals surface area (Å²) in [6, 6.07) is -1.11. The van der Waals surface area contributed by atoms with E-state index in [0.29, 0.717) is 0 Å². The van der Waals surface area contributed by atoms with Gasteiger partial charge in [0.1, 0.15) is 0 Å². The van der Waals surface area contributed by atoms with Crippen LogP contribution >= 0.6 is 0 Å². The quantitative estimate of drug-likeness (QED) is 0.282. The monoisotopic (exact) mass is 516 g/mol. The van der Waals surface area contributed by atoms with Gasteiger partial charge in [-0.25, -0.2) is 0 Å². The van der Waals surface area contributed by atoms with Crippen molar-refractivity contribution in [2.75, 3.05) is 0 Å². The zero-order chi connectivity index (χ0) is 23.4. The molecule has 3 aromatic carbocycles. The average Bonchev–Trinajstić information content (AvgIpc) is 2.69. The zero-order valence-electron chi connectivity index (χ0n) is 14.3. The van der Waals surface area contributed by atoms with E-state index in [-0.39, 0.29) is 18.2 Å². The zero-order valence-corrected chi connectivity index (χ0v) is 16.8. The van der Waals surface area contributed by atoms with Crippen molar-refractivity contribution in [2.24, 2.45) is 0 Å². The van der Waals surface area contributed by atoms with Gasteiger partial charge in [-0.1, -0.05) is 0 Å². The molecule has 0 aliphatic carbocycles. The molecule has 0 bridgehead atoms. The summed E-state index contributed by atoms with van der Waals surface area (Å²) in [5.74, 6) is -27.8. The van der Waals surface area contributed by atoms with Crippen LogP contribution in [-0.4, -0.2) is 16.2 Å². The first-order valence-corrected chi connectivity index (χ1v) is 11.5. The second kappa shape index (κ2) is 8.18. The Morgan fingerprint density at radius 1 is 0.323 bits per heavy atom. The van der Waals surface area contributed by atoms with Crippen LogP contribution in [0.3, 0.4) is 0 Å². The molecule has 0 aliphatic rings. The molecule has 3 rings (SSSR count). The molecular weight excluding hydrogens is 514 g/mol. The van der Waals surface area contributed by atoms with Crippen molar-refractivity contribution >= 4 is 28.6 Å². The Kier molecular flexibility index (Phi) is 6.11. The predicted octanol–water partition coefficient (Wildman–Crippen LogP) is 3.87. The van der Waals surface area contributed by atoms with E-state index in [1.54, 1.807) is 0 Å². The molecule has 3 aromatic rings. The van der Waals surface area contributed by atoms with Crippen molar-refractivity contribution in [3.63, 3.8) is 0 Å². The van der Waals surface area contributed by atoms with Crippen LogP contribution in [0.2, 0.25) is 0 Å². The van der Waals surface area contributed by atoms with Gasteiger partial charge in [0.2, 0.25) is 0 Å². The summed E-state index contributed by atoms with van der Waals surface area (Å²) in [6.45, 7) is 0. The van der Waals surface area contributed by atoms with E-state index in [0.717, 1.165) is 0 Å². The van der Waals surface area contributed by atoms with Crippen molar-refractivity contribution in [1.82, 2.24) is 0 Å². The third-order valence-corrected chi connectivity index (χ3v) is 11.1. The molecule has 31 heavy (non-hydrogen) atoms. The topological polar surface area (TPSA) is 0 Å². The third-order valence-electron chi connectivity index (χ3n) is 4.30. The Morgan fingerprint density at radius 2 is 0.484 bits per heavy atom. The van der Waals surface area contributed by atoms with Crippen molar-refractivity contribution in [3.8, 4) is 0 Å². The number of rotatable bonds is 3. The average molecular weight is 517 g/mol. The number of hydrogen-bond acceptors (Lipinski definition) is 0. The second-order valence-corrected chi connectivity index (χ2v) is 11.5. The van der Waals surface area contributed by atoms with Gasteiger partial charge < -0.3 is 0 Å². The van der Waals surface area contributed by atoms with Crippen molar-refractivity contribution < 1.29 is 52.7 Å². The van der Waals surface area contributed by atoms with E-state index in [9.17, 15) is 52.7 Å². The van der Waals surface area contributed by atoms with Gasteiger partial charge in [0.05, 0.1) is 0 Å². The van der Waals surface area contributed by atoms with E-state index in [4.69, 9.17) is 0 Å².